The van der Waals surface area contributed by atoms with Crippen LogP contribution in [0, 0.1) is 39.5 Å². The number of benzene rings is 1. The first-order valence-corrected chi connectivity index (χ1v) is 9.21. The zero-order valence-electron chi connectivity index (χ0n) is 16.0. The Bertz CT molecular complexity index is 810. The minimum absolute atomic E-state index is 0. The van der Waals surface area contributed by atoms with Gasteiger partial charge in [0.2, 0.25) is 0 Å². The van der Waals surface area contributed by atoms with Crippen molar-refractivity contribution in [1.29, 1.82) is 0 Å². The number of fused-ring (bicyclic) bond motifs is 1. The number of likely N-dealkylation sites (tertiary alicyclic amines) is 1. The van der Waals surface area contributed by atoms with Crippen molar-refractivity contribution in [3.05, 3.63) is 52.3 Å². The highest BCUT2D eigenvalue weighted by atomic mass is 35.5. The zero-order valence-corrected chi connectivity index (χ0v) is 16.8. The highest BCUT2D eigenvalue weighted by Crippen LogP contribution is 2.29. The van der Waals surface area contributed by atoms with Gasteiger partial charge in [-0.2, -0.15) is 0 Å². The van der Waals surface area contributed by atoms with E-state index < -0.39 is 0 Å². The summed E-state index contributed by atoms with van der Waals surface area (Å²) in [6.45, 7) is 12.3. The number of nitrogens with zero attached hydrogens (tertiary/aromatic N) is 2. The molecule has 2 aliphatic rings. The van der Waals surface area contributed by atoms with Gasteiger partial charge in [-0.1, -0.05) is 6.07 Å². The van der Waals surface area contributed by atoms with Gasteiger partial charge in [0.05, 0.1) is 5.56 Å². The van der Waals surface area contributed by atoms with Crippen LogP contribution < -0.4 is 5.32 Å². The van der Waals surface area contributed by atoms with Crippen molar-refractivity contribution < 1.29 is 4.79 Å². The molecule has 0 radical (unpaired) electrons. The van der Waals surface area contributed by atoms with Crippen molar-refractivity contribution in [2.24, 2.45) is 11.8 Å². The van der Waals surface area contributed by atoms with Crippen LogP contribution in [-0.2, 0) is 0 Å². The van der Waals surface area contributed by atoms with Gasteiger partial charge in [0.15, 0.2) is 0 Å². The van der Waals surface area contributed by atoms with Gasteiger partial charge >= 0.3 is 0 Å². The maximum absolute atomic E-state index is 13.1. The second-order valence-electron chi connectivity index (χ2n) is 7.85. The molecule has 2 aliphatic heterocycles. The Hall–Kier alpha value is -1.78. The molecule has 26 heavy (non-hydrogen) atoms. The summed E-state index contributed by atoms with van der Waals surface area (Å²) >= 11 is 0. The van der Waals surface area contributed by atoms with E-state index in [2.05, 4.69) is 66.7 Å². The van der Waals surface area contributed by atoms with Crippen LogP contribution in [0.2, 0.25) is 0 Å². The molecule has 0 spiro atoms. The van der Waals surface area contributed by atoms with Gasteiger partial charge in [0.1, 0.15) is 0 Å². The average Bonchev–Trinajstić information content (AvgIpc) is 3.19. The Balaban J connectivity index is 0.00000196. The van der Waals surface area contributed by atoms with E-state index in [-0.39, 0.29) is 18.3 Å². The molecule has 2 atom stereocenters. The highest BCUT2D eigenvalue weighted by molar-refractivity contribution is 5.96. The van der Waals surface area contributed by atoms with Crippen LogP contribution in [0.3, 0.4) is 0 Å². The lowest BCUT2D eigenvalue weighted by Crippen LogP contribution is -2.32. The molecule has 2 aromatic rings. The van der Waals surface area contributed by atoms with Crippen molar-refractivity contribution in [1.82, 2.24) is 14.8 Å². The van der Waals surface area contributed by atoms with Gasteiger partial charge in [-0.25, -0.2) is 0 Å². The summed E-state index contributed by atoms with van der Waals surface area (Å²) in [7, 11) is 0. The Morgan fingerprint density at radius 1 is 0.962 bits per heavy atom. The zero-order chi connectivity index (χ0) is 17.7. The van der Waals surface area contributed by atoms with E-state index in [1.807, 2.05) is 0 Å². The van der Waals surface area contributed by atoms with E-state index in [1.165, 1.54) is 11.1 Å². The number of nitrogens with one attached hydrogen (secondary N) is 1. The lowest BCUT2D eigenvalue weighted by molar-refractivity contribution is 0.0781. The molecule has 1 aromatic carbocycles. The molecule has 1 aromatic heterocycles. The third-order valence-corrected chi connectivity index (χ3v) is 5.80. The van der Waals surface area contributed by atoms with Crippen molar-refractivity contribution in [3.63, 3.8) is 0 Å². The fourth-order valence-corrected chi connectivity index (χ4v) is 4.65. The molecule has 5 heteroatoms. The van der Waals surface area contributed by atoms with E-state index in [0.29, 0.717) is 11.8 Å². The van der Waals surface area contributed by atoms with Crippen molar-refractivity contribution in [3.8, 4) is 5.69 Å². The minimum Gasteiger partial charge on any atom is -0.338 e. The first kappa shape index (κ1) is 19.0. The molecular weight excluding hydrogens is 346 g/mol. The summed E-state index contributed by atoms with van der Waals surface area (Å²) in [5.41, 5.74) is 6.65. The van der Waals surface area contributed by atoms with E-state index in [9.17, 15) is 4.79 Å². The third kappa shape index (κ3) is 3.17. The van der Waals surface area contributed by atoms with Gasteiger partial charge in [-0.05, 0) is 68.9 Å². The normalized spacial score (nSPS) is 21.6. The summed E-state index contributed by atoms with van der Waals surface area (Å²) in [6.07, 6.45) is 0. The number of amides is 1. The number of aryl methyl sites for hydroxylation is 3. The lowest BCUT2D eigenvalue weighted by atomic mass is 10.0. The molecule has 4 rings (SSSR count). The fraction of sp³-hybridized carbons (Fsp3) is 0.476. The highest BCUT2D eigenvalue weighted by Gasteiger charge is 2.38. The second-order valence-corrected chi connectivity index (χ2v) is 7.85. The van der Waals surface area contributed by atoms with Crippen LogP contribution in [0.4, 0.5) is 0 Å². The van der Waals surface area contributed by atoms with Crippen molar-refractivity contribution >= 4 is 18.3 Å². The fourth-order valence-electron chi connectivity index (χ4n) is 4.65. The van der Waals surface area contributed by atoms with E-state index in [4.69, 9.17) is 0 Å². The largest absolute Gasteiger partial charge is 0.338 e. The van der Waals surface area contributed by atoms with E-state index >= 15 is 0 Å². The molecule has 2 saturated heterocycles. The first-order chi connectivity index (χ1) is 11.9. The number of halogens is 1. The Kier molecular flexibility index (Phi) is 5.18. The van der Waals surface area contributed by atoms with Crippen molar-refractivity contribution in [2.75, 3.05) is 26.2 Å². The molecule has 3 heterocycles. The van der Waals surface area contributed by atoms with Gasteiger partial charge in [-0.15, -0.1) is 12.4 Å². The first-order valence-electron chi connectivity index (χ1n) is 9.21. The molecule has 2 fully saturated rings. The summed E-state index contributed by atoms with van der Waals surface area (Å²) in [6, 6.07) is 8.61. The van der Waals surface area contributed by atoms with Gasteiger partial charge < -0.3 is 14.8 Å². The number of hydrogen-bond acceptors (Lipinski definition) is 2. The number of carbonyl (C=O) groups excluding carboxylic acids is 1. The molecule has 1 amide bonds. The number of aromatic nitrogens is 1. The predicted octanol–water partition coefficient (Wildman–Crippen LogP) is 3.42. The Morgan fingerprint density at radius 3 is 2.12 bits per heavy atom. The lowest BCUT2D eigenvalue weighted by Gasteiger charge is -2.18. The quantitative estimate of drug-likeness (QED) is 0.875. The predicted molar refractivity (Wildman–Crippen MR) is 108 cm³/mol. The number of carbonyl (C=O) groups is 1. The molecule has 0 bridgehead atoms. The maximum atomic E-state index is 13.1. The number of rotatable bonds is 2. The summed E-state index contributed by atoms with van der Waals surface area (Å²) in [5.74, 6) is 1.46. The van der Waals surface area contributed by atoms with Crippen LogP contribution >= 0.6 is 12.4 Å². The van der Waals surface area contributed by atoms with Gasteiger partial charge in [0.25, 0.3) is 5.91 Å². The van der Waals surface area contributed by atoms with Crippen LogP contribution in [0.5, 0.6) is 0 Å². The van der Waals surface area contributed by atoms with Crippen LogP contribution in [0.1, 0.15) is 32.9 Å². The SMILES string of the molecule is Cc1cc(C)cc(-n2c(C)cc(C(=O)N3C[C@H]4CNC[C@H]4C3)c2C)c1.Cl. The monoisotopic (exact) mass is 373 g/mol. The second kappa shape index (κ2) is 7.09. The van der Waals surface area contributed by atoms with Gasteiger partial charge in [0, 0.05) is 43.3 Å². The minimum atomic E-state index is 0. The maximum Gasteiger partial charge on any atom is 0.255 e. The smallest absolute Gasteiger partial charge is 0.255 e. The van der Waals surface area contributed by atoms with Crippen LogP contribution in [-0.4, -0.2) is 41.6 Å². The standard InChI is InChI=1S/C21H27N3O.ClH/c1-13-5-14(2)7-19(6-13)24-15(3)8-20(16(24)4)21(25)23-11-17-9-22-10-18(17)12-23;/h5-8,17-18,22H,9-12H2,1-4H3;1H/t17-,18+;. The van der Waals surface area contributed by atoms with Crippen LogP contribution in [0.15, 0.2) is 24.3 Å². The topological polar surface area (TPSA) is 37.3 Å². The molecule has 0 unspecified atom stereocenters. The summed E-state index contributed by atoms with van der Waals surface area (Å²) in [5, 5.41) is 3.44. The summed E-state index contributed by atoms with van der Waals surface area (Å²) < 4.78 is 2.21. The Morgan fingerprint density at radius 2 is 1.54 bits per heavy atom. The molecule has 140 valence electrons. The molecule has 0 saturated carbocycles. The molecule has 4 nitrogen and oxygen atoms in total. The molecule has 1 N–H and O–H groups in total. The Labute approximate surface area is 162 Å². The third-order valence-electron chi connectivity index (χ3n) is 5.80. The average molecular weight is 374 g/mol. The molecular formula is C21H28ClN3O. The summed E-state index contributed by atoms with van der Waals surface area (Å²) in [4.78, 5) is 15.2. The molecule has 0 aliphatic carbocycles. The van der Waals surface area contributed by atoms with E-state index in [0.717, 1.165) is 48.8 Å². The van der Waals surface area contributed by atoms with Gasteiger partial charge in [-0.3, -0.25) is 4.79 Å². The van der Waals surface area contributed by atoms with E-state index in [1.54, 1.807) is 0 Å². The number of hydrogen-bond donors (Lipinski definition) is 1. The van der Waals surface area contributed by atoms with Crippen LogP contribution in [0.25, 0.3) is 5.69 Å². The van der Waals surface area contributed by atoms with Crippen molar-refractivity contribution in [2.45, 2.75) is 27.7 Å².